The van der Waals surface area contributed by atoms with Crippen LogP contribution in [-0.2, 0) is 6.54 Å². The van der Waals surface area contributed by atoms with Gasteiger partial charge >= 0.3 is 0 Å². The largest absolute Gasteiger partial charge is 0.361 e. The van der Waals surface area contributed by atoms with E-state index in [1.165, 1.54) is 15.8 Å². The Hall–Kier alpha value is -1.92. The summed E-state index contributed by atoms with van der Waals surface area (Å²) < 4.78 is 6.56. The molecule has 6 heteroatoms. The summed E-state index contributed by atoms with van der Waals surface area (Å²) in [6, 6.07) is 6.41. The Kier molecular flexibility index (Phi) is 4.02. The van der Waals surface area contributed by atoms with Crippen molar-refractivity contribution in [2.24, 2.45) is 0 Å². The van der Waals surface area contributed by atoms with Crippen LogP contribution in [0.1, 0.15) is 22.6 Å². The molecule has 3 heterocycles. The fourth-order valence-corrected chi connectivity index (χ4v) is 4.35. The average molecular weight is 342 g/mol. The van der Waals surface area contributed by atoms with Crippen LogP contribution in [0, 0.1) is 20.8 Å². The predicted octanol–water partition coefficient (Wildman–Crippen LogP) is 3.53. The van der Waals surface area contributed by atoms with Gasteiger partial charge in [0.1, 0.15) is 5.76 Å². The smallest absolute Gasteiger partial charge is 0.186 e. The number of piperazine rings is 1. The number of thiazole rings is 1. The molecule has 24 heavy (non-hydrogen) atoms. The van der Waals surface area contributed by atoms with Crippen molar-refractivity contribution in [1.29, 1.82) is 0 Å². The fourth-order valence-electron chi connectivity index (χ4n) is 3.26. The summed E-state index contributed by atoms with van der Waals surface area (Å²) in [6.45, 7) is 11.2. The maximum absolute atomic E-state index is 5.28. The Morgan fingerprint density at radius 3 is 2.58 bits per heavy atom. The van der Waals surface area contributed by atoms with Gasteiger partial charge < -0.3 is 9.42 Å². The van der Waals surface area contributed by atoms with Crippen LogP contribution in [0.5, 0.6) is 0 Å². The highest BCUT2D eigenvalue weighted by atomic mass is 32.1. The van der Waals surface area contributed by atoms with Gasteiger partial charge in [-0.2, -0.15) is 0 Å². The summed E-state index contributed by atoms with van der Waals surface area (Å²) in [5, 5.41) is 5.21. The summed E-state index contributed by atoms with van der Waals surface area (Å²) >= 11 is 1.80. The van der Waals surface area contributed by atoms with Gasteiger partial charge in [-0.25, -0.2) is 4.98 Å². The molecule has 5 nitrogen and oxygen atoms in total. The van der Waals surface area contributed by atoms with Crippen LogP contribution in [0.2, 0.25) is 0 Å². The van der Waals surface area contributed by atoms with E-state index in [4.69, 9.17) is 9.51 Å². The second-order valence-corrected chi connectivity index (χ2v) is 7.49. The highest BCUT2D eigenvalue weighted by Gasteiger charge is 2.22. The highest BCUT2D eigenvalue weighted by molar-refractivity contribution is 7.22. The van der Waals surface area contributed by atoms with E-state index in [-0.39, 0.29) is 0 Å². The molecular formula is C18H22N4OS. The minimum absolute atomic E-state index is 0.925. The van der Waals surface area contributed by atoms with Gasteiger partial charge in [0.25, 0.3) is 0 Å². The molecule has 1 aromatic carbocycles. The lowest BCUT2D eigenvalue weighted by Gasteiger charge is -2.34. The van der Waals surface area contributed by atoms with E-state index in [9.17, 15) is 0 Å². The van der Waals surface area contributed by atoms with E-state index in [2.05, 4.69) is 40.1 Å². The minimum Gasteiger partial charge on any atom is -0.361 e. The molecule has 2 aromatic heterocycles. The zero-order valence-corrected chi connectivity index (χ0v) is 15.2. The number of nitrogens with zero attached hydrogens (tertiary/aromatic N) is 4. The van der Waals surface area contributed by atoms with Crippen molar-refractivity contribution in [3.05, 3.63) is 40.8 Å². The zero-order chi connectivity index (χ0) is 16.7. The number of aromatic nitrogens is 2. The Morgan fingerprint density at radius 1 is 1.12 bits per heavy atom. The Balaban J connectivity index is 1.44. The number of aryl methyl sites for hydroxylation is 3. The van der Waals surface area contributed by atoms with Crippen LogP contribution in [0.3, 0.4) is 0 Å². The van der Waals surface area contributed by atoms with Crippen molar-refractivity contribution >= 4 is 26.7 Å². The first-order valence-electron chi connectivity index (χ1n) is 8.37. The molecule has 1 aliphatic heterocycles. The standard InChI is InChI=1S/C18H22N4OS/c1-12-5-4-6-16-17(12)19-18(24-16)22-9-7-21(8-10-22)11-15-13(2)20-23-14(15)3/h4-6H,7-11H2,1-3H3. The second-order valence-electron chi connectivity index (χ2n) is 6.48. The number of benzene rings is 1. The van der Waals surface area contributed by atoms with Gasteiger partial charge in [0.15, 0.2) is 5.13 Å². The number of rotatable bonds is 3. The molecule has 0 saturated carbocycles. The lowest BCUT2D eigenvalue weighted by atomic mass is 10.2. The van der Waals surface area contributed by atoms with Gasteiger partial charge in [-0.15, -0.1) is 0 Å². The lowest BCUT2D eigenvalue weighted by Crippen LogP contribution is -2.46. The first kappa shape index (κ1) is 15.6. The van der Waals surface area contributed by atoms with Gasteiger partial charge in [0.2, 0.25) is 0 Å². The van der Waals surface area contributed by atoms with Gasteiger partial charge in [-0.05, 0) is 32.4 Å². The summed E-state index contributed by atoms with van der Waals surface area (Å²) in [7, 11) is 0. The molecule has 0 bridgehead atoms. The molecule has 1 aliphatic rings. The van der Waals surface area contributed by atoms with Gasteiger partial charge in [-0.3, -0.25) is 4.90 Å². The number of hydrogen-bond donors (Lipinski definition) is 0. The average Bonchev–Trinajstić information content (AvgIpc) is 3.15. The first-order chi connectivity index (χ1) is 11.6. The Labute approximate surface area is 145 Å². The molecule has 0 spiro atoms. The summed E-state index contributed by atoms with van der Waals surface area (Å²) in [5.74, 6) is 0.941. The molecule has 0 N–H and O–H groups in total. The van der Waals surface area contributed by atoms with Crippen molar-refractivity contribution in [2.45, 2.75) is 27.3 Å². The van der Waals surface area contributed by atoms with E-state index < -0.39 is 0 Å². The molecule has 0 unspecified atom stereocenters. The summed E-state index contributed by atoms with van der Waals surface area (Å²) in [6.07, 6.45) is 0. The molecular weight excluding hydrogens is 320 g/mol. The van der Waals surface area contributed by atoms with Crippen LogP contribution in [0.15, 0.2) is 22.7 Å². The van der Waals surface area contributed by atoms with Crippen molar-refractivity contribution in [2.75, 3.05) is 31.1 Å². The minimum atomic E-state index is 0.925. The van der Waals surface area contributed by atoms with Crippen molar-refractivity contribution in [3.8, 4) is 0 Å². The van der Waals surface area contributed by atoms with E-state index >= 15 is 0 Å². The fraction of sp³-hybridized carbons (Fsp3) is 0.444. The summed E-state index contributed by atoms with van der Waals surface area (Å²) in [5.41, 5.74) is 4.65. The molecule has 1 fully saturated rings. The maximum atomic E-state index is 5.28. The van der Waals surface area contributed by atoms with Gasteiger partial charge in [0, 0.05) is 38.3 Å². The normalized spacial score (nSPS) is 16.2. The van der Waals surface area contributed by atoms with Crippen molar-refractivity contribution in [1.82, 2.24) is 15.0 Å². The van der Waals surface area contributed by atoms with E-state index in [1.807, 2.05) is 13.8 Å². The first-order valence-corrected chi connectivity index (χ1v) is 9.18. The molecule has 1 saturated heterocycles. The zero-order valence-electron chi connectivity index (χ0n) is 14.4. The van der Waals surface area contributed by atoms with E-state index in [0.717, 1.165) is 54.8 Å². The molecule has 126 valence electrons. The van der Waals surface area contributed by atoms with E-state index in [1.54, 1.807) is 11.3 Å². The Bertz CT molecular complexity index is 842. The third-order valence-electron chi connectivity index (χ3n) is 4.82. The highest BCUT2D eigenvalue weighted by Crippen LogP contribution is 2.31. The monoisotopic (exact) mass is 342 g/mol. The molecule has 4 rings (SSSR count). The predicted molar refractivity (Wildman–Crippen MR) is 97.8 cm³/mol. The number of hydrogen-bond acceptors (Lipinski definition) is 6. The van der Waals surface area contributed by atoms with Crippen LogP contribution in [0.25, 0.3) is 10.2 Å². The number of fused-ring (bicyclic) bond motifs is 1. The molecule has 0 aliphatic carbocycles. The van der Waals surface area contributed by atoms with Crippen LogP contribution in [0.4, 0.5) is 5.13 Å². The molecule has 0 radical (unpaired) electrons. The third-order valence-corrected chi connectivity index (χ3v) is 5.90. The topological polar surface area (TPSA) is 45.4 Å². The lowest BCUT2D eigenvalue weighted by molar-refractivity contribution is 0.248. The molecule has 0 amide bonds. The van der Waals surface area contributed by atoms with Gasteiger partial charge in [-0.1, -0.05) is 28.6 Å². The molecule has 0 atom stereocenters. The van der Waals surface area contributed by atoms with Crippen LogP contribution >= 0.6 is 11.3 Å². The third kappa shape index (κ3) is 2.80. The maximum Gasteiger partial charge on any atom is 0.186 e. The SMILES string of the molecule is Cc1noc(C)c1CN1CCN(c2nc3c(C)cccc3s2)CC1. The molecule has 3 aromatic rings. The van der Waals surface area contributed by atoms with Crippen molar-refractivity contribution < 1.29 is 4.52 Å². The van der Waals surface area contributed by atoms with Crippen LogP contribution in [-0.4, -0.2) is 41.2 Å². The van der Waals surface area contributed by atoms with Crippen LogP contribution < -0.4 is 4.90 Å². The van der Waals surface area contributed by atoms with E-state index in [0.29, 0.717) is 0 Å². The van der Waals surface area contributed by atoms with Crippen molar-refractivity contribution in [3.63, 3.8) is 0 Å². The van der Waals surface area contributed by atoms with Gasteiger partial charge in [0.05, 0.1) is 15.9 Å². The number of para-hydroxylation sites is 1. The number of anilines is 1. The quantitative estimate of drug-likeness (QED) is 0.728. The second kappa shape index (κ2) is 6.18. The summed E-state index contributed by atoms with van der Waals surface area (Å²) in [4.78, 5) is 9.75. The Morgan fingerprint density at radius 2 is 1.92 bits per heavy atom.